The van der Waals surface area contributed by atoms with E-state index in [1.54, 1.807) is 6.08 Å². The van der Waals surface area contributed by atoms with Crippen molar-refractivity contribution in [3.63, 3.8) is 0 Å². The molecule has 0 saturated heterocycles. The number of carbonyl (C=O) groups is 1. The molecule has 3 aromatic rings. The van der Waals surface area contributed by atoms with Crippen LogP contribution in [0.1, 0.15) is 16.7 Å². The Bertz CT molecular complexity index is 1060. The molecule has 0 aliphatic carbocycles. The molecule has 3 aromatic carbocycles. The average Bonchev–Trinajstić information content (AvgIpc) is 3.08. The zero-order valence-electron chi connectivity index (χ0n) is 14.8. The molecule has 0 fully saturated rings. The van der Waals surface area contributed by atoms with Gasteiger partial charge in [0.1, 0.15) is 12.4 Å². The smallest absolute Gasteiger partial charge is 0.363 e. The summed E-state index contributed by atoms with van der Waals surface area (Å²) < 4.78 is 12.3. The fraction of sp³-hybridized carbons (Fsp3) is 0.0435. The third kappa shape index (κ3) is 4.48. The molecule has 4 rings (SSSR count). The van der Waals surface area contributed by atoms with Gasteiger partial charge in [-0.25, -0.2) is 9.79 Å². The predicted octanol–water partition coefficient (Wildman–Crippen LogP) is 5.21. The second kappa shape index (κ2) is 8.39. The van der Waals surface area contributed by atoms with E-state index in [1.807, 2.05) is 78.9 Å². The van der Waals surface area contributed by atoms with Crippen molar-refractivity contribution in [3.05, 3.63) is 105 Å². The van der Waals surface area contributed by atoms with Gasteiger partial charge in [-0.1, -0.05) is 42.5 Å². The van der Waals surface area contributed by atoms with E-state index < -0.39 is 5.97 Å². The first-order valence-corrected chi connectivity index (χ1v) is 9.80. The molecule has 0 unspecified atom stereocenters. The Balaban J connectivity index is 1.51. The van der Waals surface area contributed by atoms with Crippen molar-refractivity contribution in [2.75, 3.05) is 0 Å². The van der Waals surface area contributed by atoms with E-state index in [1.165, 1.54) is 0 Å². The zero-order valence-corrected chi connectivity index (χ0v) is 17.0. The van der Waals surface area contributed by atoms with Crippen molar-refractivity contribution < 1.29 is 14.3 Å². The van der Waals surface area contributed by atoms with E-state index in [-0.39, 0.29) is 5.70 Å². The van der Waals surface area contributed by atoms with Crippen molar-refractivity contribution >= 4 is 40.5 Å². The molecule has 0 N–H and O–H groups in total. The molecule has 0 atom stereocenters. The minimum absolute atomic E-state index is 0.272. The number of rotatable bonds is 5. The minimum atomic E-state index is -0.454. The van der Waals surface area contributed by atoms with Gasteiger partial charge in [0.25, 0.3) is 0 Å². The van der Waals surface area contributed by atoms with Crippen LogP contribution in [0.4, 0.5) is 0 Å². The number of benzene rings is 3. The molecule has 28 heavy (non-hydrogen) atoms. The Hall–Kier alpha value is -2.93. The number of ether oxygens (including phenoxy) is 2. The molecule has 4 nitrogen and oxygen atoms in total. The number of nitrogens with zero attached hydrogens (tertiary/aromatic N) is 1. The maximum Gasteiger partial charge on any atom is 0.363 e. The van der Waals surface area contributed by atoms with E-state index in [4.69, 9.17) is 9.47 Å². The number of aliphatic imine (C=N–C) groups is 1. The summed E-state index contributed by atoms with van der Waals surface area (Å²) in [7, 11) is 0. The third-order valence-electron chi connectivity index (χ3n) is 4.12. The number of esters is 1. The first-order valence-electron chi connectivity index (χ1n) is 8.73. The summed E-state index contributed by atoms with van der Waals surface area (Å²) in [4.78, 5) is 16.5. The van der Waals surface area contributed by atoms with Crippen LogP contribution in [-0.2, 0) is 16.1 Å². The quantitative estimate of drug-likeness (QED) is 0.286. The summed E-state index contributed by atoms with van der Waals surface area (Å²) in [6, 6.07) is 25.2. The Morgan fingerprint density at radius 2 is 1.75 bits per heavy atom. The van der Waals surface area contributed by atoms with Crippen LogP contribution < -0.4 is 4.74 Å². The summed E-state index contributed by atoms with van der Waals surface area (Å²) in [6.07, 6.45) is 1.71. The van der Waals surface area contributed by atoms with Gasteiger partial charge in [0.2, 0.25) is 5.90 Å². The molecule has 0 spiro atoms. The van der Waals surface area contributed by atoms with E-state index in [0.717, 1.165) is 26.0 Å². The van der Waals surface area contributed by atoms with Crippen LogP contribution in [0.15, 0.2) is 89.6 Å². The van der Waals surface area contributed by atoms with Gasteiger partial charge in [0, 0.05) is 9.13 Å². The first kappa shape index (κ1) is 18.4. The van der Waals surface area contributed by atoms with Gasteiger partial charge in [-0.05, 0) is 76.2 Å². The van der Waals surface area contributed by atoms with Gasteiger partial charge in [0.15, 0.2) is 5.70 Å². The molecule has 0 aromatic heterocycles. The summed E-state index contributed by atoms with van der Waals surface area (Å²) in [6.45, 7) is 0.484. The first-order chi connectivity index (χ1) is 13.7. The maximum absolute atomic E-state index is 12.2. The van der Waals surface area contributed by atoms with E-state index >= 15 is 0 Å². The van der Waals surface area contributed by atoms with E-state index in [0.29, 0.717) is 12.5 Å². The Morgan fingerprint density at radius 1 is 0.964 bits per heavy atom. The van der Waals surface area contributed by atoms with E-state index in [9.17, 15) is 4.79 Å². The molecule has 0 bridgehead atoms. The van der Waals surface area contributed by atoms with Crippen LogP contribution in [0.25, 0.3) is 6.08 Å². The lowest BCUT2D eigenvalue weighted by Crippen LogP contribution is -2.05. The highest BCUT2D eigenvalue weighted by atomic mass is 127. The van der Waals surface area contributed by atoms with Crippen molar-refractivity contribution in [2.45, 2.75) is 6.61 Å². The van der Waals surface area contributed by atoms with Gasteiger partial charge in [0.05, 0.1) is 0 Å². The Morgan fingerprint density at radius 3 is 2.54 bits per heavy atom. The van der Waals surface area contributed by atoms with Crippen molar-refractivity contribution in [1.82, 2.24) is 0 Å². The van der Waals surface area contributed by atoms with Crippen molar-refractivity contribution in [1.29, 1.82) is 0 Å². The van der Waals surface area contributed by atoms with Gasteiger partial charge < -0.3 is 9.47 Å². The second-order valence-corrected chi connectivity index (χ2v) is 7.44. The highest BCUT2D eigenvalue weighted by Gasteiger charge is 2.24. The number of halogens is 1. The summed E-state index contributed by atoms with van der Waals surface area (Å²) in [5.74, 6) is 0.597. The molecule has 1 heterocycles. The fourth-order valence-electron chi connectivity index (χ4n) is 2.72. The minimum Gasteiger partial charge on any atom is -0.489 e. The van der Waals surface area contributed by atoms with Crippen molar-refractivity contribution in [3.8, 4) is 5.75 Å². The van der Waals surface area contributed by atoms with Crippen LogP contribution in [-0.4, -0.2) is 11.9 Å². The number of cyclic esters (lactones) is 1. The Labute approximate surface area is 176 Å². The van der Waals surface area contributed by atoms with Crippen LogP contribution in [0.2, 0.25) is 0 Å². The van der Waals surface area contributed by atoms with Gasteiger partial charge in [-0.3, -0.25) is 0 Å². The highest BCUT2D eigenvalue weighted by molar-refractivity contribution is 14.1. The van der Waals surface area contributed by atoms with Crippen LogP contribution in [0.3, 0.4) is 0 Å². The molecule has 0 amide bonds. The lowest BCUT2D eigenvalue weighted by atomic mass is 10.2. The largest absolute Gasteiger partial charge is 0.489 e. The SMILES string of the molecule is O=C1OC(c2ccc(I)cc2)=N/C1=C/c1cccc(OCc2ccccc2)c1. The van der Waals surface area contributed by atoms with Crippen LogP contribution >= 0.6 is 22.6 Å². The molecule has 0 saturated carbocycles. The van der Waals surface area contributed by atoms with Crippen LogP contribution in [0.5, 0.6) is 5.75 Å². The summed E-state index contributed by atoms with van der Waals surface area (Å²) >= 11 is 2.23. The fourth-order valence-corrected chi connectivity index (χ4v) is 3.08. The molecule has 138 valence electrons. The molecule has 1 aliphatic rings. The number of hydrogen-bond acceptors (Lipinski definition) is 4. The predicted molar refractivity (Wildman–Crippen MR) is 117 cm³/mol. The molecular weight excluding hydrogens is 465 g/mol. The second-order valence-electron chi connectivity index (χ2n) is 6.19. The number of hydrogen-bond donors (Lipinski definition) is 0. The lowest BCUT2D eigenvalue weighted by Gasteiger charge is -2.07. The Kier molecular flexibility index (Phi) is 5.53. The zero-order chi connectivity index (χ0) is 19.3. The standard InChI is InChI=1S/C23H16INO3/c24-19-11-9-18(10-12-19)22-25-21(23(26)28-22)14-17-7-4-8-20(13-17)27-15-16-5-2-1-3-6-16/h1-14H,15H2/b21-14+. The molecule has 0 radical (unpaired) electrons. The molecule has 1 aliphatic heterocycles. The summed E-state index contributed by atoms with van der Waals surface area (Å²) in [5, 5.41) is 0. The third-order valence-corrected chi connectivity index (χ3v) is 4.84. The lowest BCUT2D eigenvalue weighted by molar-refractivity contribution is -0.129. The average molecular weight is 481 g/mol. The van der Waals surface area contributed by atoms with Crippen molar-refractivity contribution in [2.24, 2.45) is 4.99 Å². The monoisotopic (exact) mass is 481 g/mol. The van der Waals surface area contributed by atoms with Gasteiger partial charge in [-0.2, -0.15) is 0 Å². The topological polar surface area (TPSA) is 47.9 Å². The molecule has 5 heteroatoms. The highest BCUT2D eigenvalue weighted by Crippen LogP contribution is 2.22. The van der Waals surface area contributed by atoms with Gasteiger partial charge >= 0.3 is 5.97 Å². The van der Waals surface area contributed by atoms with E-state index in [2.05, 4.69) is 27.6 Å². The summed E-state index contributed by atoms with van der Waals surface area (Å²) in [5.41, 5.74) is 2.97. The molecular formula is C23H16INO3. The normalized spacial score (nSPS) is 14.7. The van der Waals surface area contributed by atoms with Gasteiger partial charge in [-0.15, -0.1) is 0 Å². The number of carbonyl (C=O) groups excluding carboxylic acids is 1. The van der Waals surface area contributed by atoms with Crippen LogP contribution in [0, 0.1) is 3.57 Å². The maximum atomic E-state index is 12.2.